The maximum atomic E-state index is 12.3. The number of hydrogen-bond acceptors (Lipinski definition) is 4. The van der Waals surface area contributed by atoms with E-state index in [2.05, 4.69) is 30.9 Å². The molecular formula is C17H24N4OS. The highest BCUT2D eigenvalue weighted by Crippen LogP contribution is 2.25. The van der Waals surface area contributed by atoms with Crippen molar-refractivity contribution < 1.29 is 4.79 Å². The summed E-state index contributed by atoms with van der Waals surface area (Å²) in [5, 5.41) is 4.11. The van der Waals surface area contributed by atoms with E-state index in [1.807, 2.05) is 43.1 Å². The lowest BCUT2D eigenvalue weighted by Gasteiger charge is -2.27. The van der Waals surface area contributed by atoms with Crippen LogP contribution in [0.1, 0.15) is 39.3 Å². The molecule has 23 heavy (non-hydrogen) atoms. The topological polar surface area (TPSA) is 51.0 Å². The van der Waals surface area contributed by atoms with E-state index in [-0.39, 0.29) is 16.7 Å². The molecule has 1 atom stereocenters. The van der Waals surface area contributed by atoms with Crippen LogP contribution in [0.3, 0.4) is 0 Å². The van der Waals surface area contributed by atoms with Crippen molar-refractivity contribution in [3.63, 3.8) is 0 Å². The lowest BCUT2D eigenvalue weighted by Crippen LogP contribution is -2.32. The number of carbonyl (C=O) groups excluding carboxylic acids is 1. The molecule has 1 aromatic heterocycles. The number of amides is 1. The Bertz CT molecular complexity index is 632. The van der Waals surface area contributed by atoms with E-state index in [0.29, 0.717) is 5.75 Å². The number of nitrogens with zero attached hydrogens (tertiary/aromatic N) is 4. The predicted molar refractivity (Wildman–Crippen MR) is 94.8 cm³/mol. The normalized spacial score (nSPS) is 12.9. The first-order valence-corrected chi connectivity index (χ1v) is 8.61. The predicted octanol–water partition coefficient (Wildman–Crippen LogP) is 3.32. The minimum atomic E-state index is 0.0351. The van der Waals surface area contributed by atoms with Crippen LogP contribution in [0.15, 0.2) is 36.9 Å². The third-order valence-corrected chi connectivity index (χ3v) is 4.92. The van der Waals surface area contributed by atoms with Crippen LogP contribution < -0.4 is 0 Å². The van der Waals surface area contributed by atoms with E-state index in [9.17, 15) is 4.79 Å². The van der Waals surface area contributed by atoms with Crippen LogP contribution in [-0.4, -0.2) is 43.1 Å². The van der Waals surface area contributed by atoms with Crippen LogP contribution in [0.5, 0.6) is 0 Å². The Morgan fingerprint density at radius 2 is 1.96 bits per heavy atom. The van der Waals surface area contributed by atoms with Gasteiger partial charge in [0.05, 0.1) is 17.5 Å². The summed E-state index contributed by atoms with van der Waals surface area (Å²) in [7, 11) is 1.86. The summed E-state index contributed by atoms with van der Waals surface area (Å²) in [4.78, 5) is 18.1. The van der Waals surface area contributed by atoms with E-state index in [1.165, 1.54) is 6.33 Å². The van der Waals surface area contributed by atoms with Gasteiger partial charge in [0.25, 0.3) is 0 Å². The molecule has 0 saturated heterocycles. The average molecular weight is 332 g/mol. The van der Waals surface area contributed by atoms with Gasteiger partial charge in [0.2, 0.25) is 5.91 Å². The first-order chi connectivity index (χ1) is 10.8. The van der Waals surface area contributed by atoms with Gasteiger partial charge in [-0.1, -0.05) is 32.9 Å². The van der Waals surface area contributed by atoms with Crippen molar-refractivity contribution in [2.75, 3.05) is 12.8 Å². The Labute approximate surface area is 142 Å². The number of rotatable bonds is 5. The first kappa shape index (κ1) is 17.5. The SMILES string of the molecule is CC(c1ccc(-n2cncn2)cc1)N(C)C(=O)CSC(C)(C)C. The smallest absolute Gasteiger partial charge is 0.232 e. The average Bonchev–Trinajstić information content (AvgIpc) is 3.05. The molecule has 0 spiro atoms. The highest BCUT2D eigenvalue weighted by atomic mass is 32.2. The summed E-state index contributed by atoms with van der Waals surface area (Å²) in [5.74, 6) is 0.652. The van der Waals surface area contributed by atoms with Crippen LogP contribution in [0.25, 0.3) is 5.69 Å². The van der Waals surface area contributed by atoms with E-state index in [1.54, 1.807) is 22.8 Å². The minimum absolute atomic E-state index is 0.0351. The fourth-order valence-electron chi connectivity index (χ4n) is 2.07. The second-order valence-corrected chi connectivity index (χ2v) is 8.32. The van der Waals surface area contributed by atoms with Gasteiger partial charge < -0.3 is 4.90 Å². The van der Waals surface area contributed by atoms with E-state index in [4.69, 9.17) is 0 Å². The van der Waals surface area contributed by atoms with E-state index >= 15 is 0 Å². The maximum absolute atomic E-state index is 12.3. The Kier molecular flexibility index (Phi) is 5.46. The van der Waals surface area contributed by atoms with Crippen molar-refractivity contribution >= 4 is 17.7 Å². The molecule has 1 amide bonds. The molecule has 5 nitrogen and oxygen atoms in total. The fraction of sp³-hybridized carbons (Fsp3) is 0.471. The molecule has 0 saturated carbocycles. The van der Waals surface area contributed by atoms with Gasteiger partial charge in [-0.15, -0.1) is 11.8 Å². The van der Waals surface area contributed by atoms with E-state index in [0.717, 1.165) is 11.3 Å². The van der Waals surface area contributed by atoms with Gasteiger partial charge in [0.15, 0.2) is 0 Å². The summed E-state index contributed by atoms with van der Waals surface area (Å²) in [5.41, 5.74) is 2.06. The molecule has 0 aliphatic heterocycles. The number of aromatic nitrogens is 3. The molecular weight excluding hydrogens is 308 g/mol. The van der Waals surface area contributed by atoms with Crippen LogP contribution in [0.4, 0.5) is 0 Å². The molecule has 1 heterocycles. The number of hydrogen-bond donors (Lipinski definition) is 0. The molecule has 6 heteroatoms. The zero-order valence-electron chi connectivity index (χ0n) is 14.4. The molecule has 1 aromatic carbocycles. The summed E-state index contributed by atoms with van der Waals surface area (Å²) in [6.07, 6.45) is 3.17. The van der Waals surface area contributed by atoms with Crippen LogP contribution in [0.2, 0.25) is 0 Å². The molecule has 0 aliphatic rings. The molecule has 2 aromatic rings. The Morgan fingerprint density at radius 3 is 2.48 bits per heavy atom. The monoisotopic (exact) mass is 332 g/mol. The van der Waals surface area contributed by atoms with Gasteiger partial charge in [0.1, 0.15) is 12.7 Å². The van der Waals surface area contributed by atoms with Gasteiger partial charge >= 0.3 is 0 Å². The van der Waals surface area contributed by atoms with Gasteiger partial charge in [0, 0.05) is 11.8 Å². The minimum Gasteiger partial charge on any atom is -0.338 e. The maximum Gasteiger partial charge on any atom is 0.232 e. The zero-order chi connectivity index (χ0) is 17.0. The molecule has 1 unspecified atom stereocenters. The molecule has 0 bridgehead atoms. The Morgan fingerprint density at radius 1 is 1.30 bits per heavy atom. The second kappa shape index (κ2) is 7.17. The summed E-state index contributed by atoms with van der Waals surface area (Å²) in [6, 6.07) is 8.07. The van der Waals surface area contributed by atoms with Gasteiger partial charge in [-0.2, -0.15) is 5.10 Å². The number of benzene rings is 1. The van der Waals surface area contributed by atoms with Crippen molar-refractivity contribution in [1.82, 2.24) is 19.7 Å². The lowest BCUT2D eigenvalue weighted by molar-refractivity contribution is -0.128. The molecule has 2 rings (SSSR count). The van der Waals surface area contributed by atoms with E-state index < -0.39 is 0 Å². The third kappa shape index (κ3) is 4.82. The molecule has 0 aliphatic carbocycles. The molecule has 0 fully saturated rings. The summed E-state index contributed by atoms with van der Waals surface area (Å²) < 4.78 is 1.81. The van der Waals surface area contributed by atoms with Crippen molar-refractivity contribution in [1.29, 1.82) is 0 Å². The summed E-state index contributed by atoms with van der Waals surface area (Å²) in [6.45, 7) is 8.41. The van der Waals surface area contributed by atoms with Crippen LogP contribution in [0, 0.1) is 0 Å². The fourth-order valence-corrected chi connectivity index (χ4v) is 2.83. The summed E-state index contributed by atoms with van der Waals surface area (Å²) >= 11 is 1.67. The zero-order valence-corrected chi connectivity index (χ0v) is 15.2. The standard InChI is InChI=1S/C17H24N4OS/c1-13(20(5)16(22)10-23-17(2,3)4)14-6-8-15(9-7-14)21-12-18-11-19-21/h6-9,11-13H,10H2,1-5H3. The van der Waals surface area contributed by atoms with Gasteiger partial charge in [-0.05, 0) is 24.6 Å². The number of thioether (sulfide) groups is 1. The van der Waals surface area contributed by atoms with Gasteiger partial charge in [-0.3, -0.25) is 4.79 Å². The van der Waals surface area contributed by atoms with Crippen LogP contribution in [-0.2, 0) is 4.79 Å². The number of carbonyl (C=O) groups is 1. The molecule has 0 N–H and O–H groups in total. The quantitative estimate of drug-likeness (QED) is 0.843. The van der Waals surface area contributed by atoms with Gasteiger partial charge in [-0.25, -0.2) is 9.67 Å². The Hall–Kier alpha value is -1.82. The third-order valence-electron chi connectivity index (χ3n) is 3.66. The first-order valence-electron chi connectivity index (χ1n) is 7.62. The molecule has 0 radical (unpaired) electrons. The lowest BCUT2D eigenvalue weighted by atomic mass is 10.1. The van der Waals surface area contributed by atoms with Crippen molar-refractivity contribution in [2.45, 2.75) is 38.5 Å². The second-order valence-electron chi connectivity index (χ2n) is 6.51. The Balaban J connectivity index is 2.01. The van der Waals surface area contributed by atoms with Crippen molar-refractivity contribution in [2.24, 2.45) is 0 Å². The van der Waals surface area contributed by atoms with Crippen LogP contribution >= 0.6 is 11.8 Å². The van der Waals surface area contributed by atoms with Crippen molar-refractivity contribution in [3.8, 4) is 5.69 Å². The highest BCUT2D eigenvalue weighted by Gasteiger charge is 2.20. The van der Waals surface area contributed by atoms with Crippen molar-refractivity contribution in [3.05, 3.63) is 42.5 Å². The highest BCUT2D eigenvalue weighted by molar-refractivity contribution is 8.01. The molecule has 124 valence electrons. The largest absolute Gasteiger partial charge is 0.338 e.